The second-order valence-corrected chi connectivity index (χ2v) is 7.19. The monoisotopic (exact) mass is 433 g/mol. The molecule has 0 radical (unpaired) electrons. The van der Waals surface area contributed by atoms with Gasteiger partial charge in [-0.15, -0.1) is 0 Å². The molecule has 0 aliphatic carbocycles. The lowest BCUT2D eigenvalue weighted by molar-refractivity contribution is -0.352. The van der Waals surface area contributed by atoms with Crippen LogP contribution >= 0.6 is 0 Å². The maximum Gasteiger partial charge on any atom is 0.229 e. The van der Waals surface area contributed by atoms with E-state index in [1.165, 1.54) is 12.1 Å². The van der Waals surface area contributed by atoms with E-state index in [0.717, 1.165) is 0 Å². The van der Waals surface area contributed by atoms with Gasteiger partial charge in [0.25, 0.3) is 0 Å². The molecule has 0 saturated carbocycles. The van der Waals surface area contributed by atoms with Crippen molar-refractivity contribution < 1.29 is 54.7 Å². The van der Waals surface area contributed by atoms with Crippen LogP contribution in [0.1, 0.15) is 0 Å². The van der Waals surface area contributed by atoms with Crippen molar-refractivity contribution in [3.05, 3.63) is 24.3 Å². The van der Waals surface area contributed by atoms with Gasteiger partial charge < -0.3 is 60.4 Å². The molecule has 2 saturated heterocycles. The second-order valence-electron chi connectivity index (χ2n) is 7.19. The molecule has 12 nitrogen and oxygen atoms in total. The summed E-state index contributed by atoms with van der Waals surface area (Å²) in [6.45, 7) is -1.31. The van der Waals surface area contributed by atoms with Crippen molar-refractivity contribution in [2.24, 2.45) is 0 Å². The Morgan fingerprint density at radius 3 is 1.90 bits per heavy atom. The highest BCUT2D eigenvalue weighted by atomic mass is 16.7. The maximum absolute atomic E-state index is 10.5. The van der Waals surface area contributed by atoms with E-state index in [1.807, 2.05) is 0 Å². The van der Waals surface area contributed by atoms with Gasteiger partial charge in [0.2, 0.25) is 6.29 Å². The Labute approximate surface area is 171 Å². The zero-order valence-corrected chi connectivity index (χ0v) is 15.8. The van der Waals surface area contributed by atoms with Crippen LogP contribution in [0.2, 0.25) is 0 Å². The number of ether oxygens (including phenoxy) is 4. The van der Waals surface area contributed by atoms with E-state index in [0.29, 0.717) is 11.4 Å². The topological polar surface area (TPSA) is 205 Å². The molecule has 12 heteroatoms. The largest absolute Gasteiger partial charge is 0.462 e. The first-order chi connectivity index (χ1) is 14.3. The molecule has 2 fully saturated rings. The summed E-state index contributed by atoms with van der Waals surface area (Å²) < 4.78 is 21.7. The van der Waals surface area contributed by atoms with Crippen molar-refractivity contribution in [3.8, 4) is 5.75 Å². The van der Waals surface area contributed by atoms with Crippen LogP contribution in [-0.4, -0.2) is 110 Å². The first kappa shape index (κ1) is 23.1. The molecule has 0 bridgehead atoms. The molecule has 10 atom stereocenters. The van der Waals surface area contributed by atoms with Gasteiger partial charge >= 0.3 is 0 Å². The van der Waals surface area contributed by atoms with Gasteiger partial charge in [0.15, 0.2) is 6.29 Å². The van der Waals surface area contributed by atoms with E-state index in [2.05, 4.69) is 0 Å². The third-order valence-electron chi connectivity index (χ3n) is 5.09. The fourth-order valence-corrected chi connectivity index (χ4v) is 3.33. The number of nitrogen functional groups attached to an aromatic ring is 1. The number of hydrogen-bond acceptors (Lipinski definition) is 12. The van der Waals surface area contributed by atoms with Gasteiger partial charge in [-0.25, -0.2) is 0 Å². The second kappa shape index (κ2) is 9.70. The summed E-state index contributed by atoms with van der Waals surface area (Å²) in [4.78, 5) is 0. The lowest BCUT2D eigenvalue weighted by Crippen LogP contribution is -2.65. The van der Waals surface area contributed by atoms with Gasteiger partial charge in [-0.2, -0.15) is 0 Å². The predicted octanol–water partition coefficient (Wildman–Crippen LogP) is -3.73. The molecule has 3 rings (SSSR count). The van der Waals surface area contributed by atoms with Gasteiger partial charge in [-0.1, -0.05) is 0 Å². The lowest BCUT2D eigenvalue weighted by atomic mass is 9.97. The Morgan fingerprint density at radius 2 is 1.30 bits per heavy atom. The molecule has 30 heavy (non-hydrogen) atoms. The average Bonchev–Trinajstić information content (AvgIpc) is 2.74. The highest BCUT2D eigenvalue weighted by molar-refractivity contribution is 5.41. The van der Waals surface area contributed by atoms with Crippen LogP contribution in [0.4, 0.5) is 5.69 Å². The Balaban J connectivity index is 1.71. The van der Waals surface area contributed by atoms with Gasteiger partial charge in [0.05, 0.1) is 13.2 Å². The average molecular weight is 433 g/mol. The first-order valence-electron chi connectivity index (χ1n) is 9.37. The molecule has 2 heterocycles. The SMILES string of the molecule is Nc1ccc(O[C@@H]2OC(CO)[C@@H](O[C@@H]3OC(CO)[C@H](O)C(O)[C@@H]3O)C(O)[C@@H]2O)cc1. The lowest BCUT2D eigenvalue weighted by Gasteiger charge is -2.45. The summed E-state index contributed by atoms with van der Waals surface area (Å²) in [5.74, 6) is 0.297. The van der Waals surface area contributed by atoms with Crippen LogP contribution in [0.5, 0.6) is 5.75 Å². The van der Waals surface area contributed by atoms with Crippen molar-refractivity contribution in [2.75, 3.05) is 18.9 Å². The summed E-state index contributed by atoms with van der Waals surface area (Å²) in [6, 6.07) is 6.19. The smallest absolute Gasteiger partial charge is 0.229 e. The van der Waals surface area contributed by atoms with Crippen LogP contribution in [0.25, 0.3) is 0 Å². The van der Waals surface area contributed by atoms with Crippen molar-refractivity contribution in [3.63, 3.8) is 0 Å². The summed E-state index contributed by atoms with van der Waals surface area (Å²) in [6.07, 6.45) is -15.0. The van der Waals surface area contributed by atoms with Crippen molar-refractivity contribution >= 4 is 5.69 Å². The minimum atomic E-state index is -1.73. The van der Waals surface area contributed by atoms with Crippen LogP contribution in [0, 0.1) is 0 Å². The molecule has 9 N–H and O–H groups in total. The minimum absolute atomic E-state index is 0.297. The standard InChI is InChI=1S/C18H27NO11/c19-7-1-3-8(4-2-7)27-17-15(26)13(24)16(10(6-21)29-17)30-18-14(25)12(23)11(22)9(5-20)28-18/h1-4,9-18,20-26H,5-6,19H2/t9?,10?,11-,12?,13?,14-,15-,16+,17+,18-/m0/s1. The van der Waals surface area contributed by atoms with Gasteiger partial charge in [0.1, 0.15) is 54.6 Å². The highest BCUT2D eigenvalue weighted by Gasteiger charge is 2.51. The van der Waals surface area contributed by atoms with Crippen LogP contribution in [0.3, 0.4) is 0 Å². The number of aliphatic hydroxyl groups is 7. The molecular formula is C18H27NO11. The fourth-order valence-electron chi connectivity index (χ4n) is 3.33. The minimum Gasteiger partial charge on any atom is -0.462 e. The fraction of sp³-hybridized carbons (Fsp3) is 0.667. The van der Waals surface area contributed by atoms with E-state index in [9.17, 15) is 35.7 Å². The van der Waals surface area contributed by atoms with Crippen molar-refractivity contribution in [1.29, 1.82) is 0 Å². The van der Waals surface area contributed by atoms with E-state index in [1.54, 1.807) is 12.1 Å². The summed E-state index contributed by atoms with van der Waals surface area (Å²) in [7, 11) is 0. The number of aliphatic hydroxyl groups excluding tert-OH is 7. The van der Waals surface area contributed by atoms with Crippen LogP contribution in [-0.2, 0) is 14.2 Å². The Hall–Kier alpha value is -1.58. The number of rotatable bonds is 6. The molecule has 1 aromatic rings. The molecule has 2 aliphatic rings. The molecule has 0 amide bonds. The Morgan fingerprint density at radius 1 is 0.733 bits per heavy atom. The third-order valence-corrected chi connectivity index (χ3v) is 5.09. The molecule has 0 spiro atoms. The maximum atomic E-state index is 10.5. The van der Waals surface area contributed by atoms with Crippen molar-refractivity contribution in [1.82, 2.24) is 0 Å². The normalized spacial score (nSPS) is 42.1. The number of nitrogens with two attached hydrogens (primary N) is 1. The van der Waals surface area contributed by atoms with Crippen LogP contribution in [0.15, 0.2) is 24.3 Å². The number of benzene rings is 1. The van der Waals surface area contributed by atoms with Crippen LogP contribution < -0.4 is 10.5 Å². The third kappa shape index (κ3) is 4.68. The Kier molecular flexibility index (Phi) is 7.47. The molecule has 1 aromatic carbocycles. The first-order valence-corrected chi connectivity index (χ1v) is 9.37. The molecule has 4 unspecified atom stereocenters. The summed E-state index contributed by atoms with van der Waals surface area (Å²) in [5.41, 5.74) is 6.10. The van der Waals surface area contributed by atoms with Gasteiger partial charge in [0, 0.05) is 5.69 Å². The van der Waals surface area contributed by atoms with Crippen molar-refractivity contribution in [2.45, 2.75) is 61.4 Å². The zero-order valence-electron chi connectivity index (χ0n) is 15.8. The highest BCUT2D eigenvalue weighted by Crippen LogP contribution is 2.30. The zero-order chi connectivity index (χ0) is 22.0. The molecule has 0 aromatic heterocycles. The molecular weight excluding hydrogens is 406 g/mol. The van der Waals surface area contributed by atoms with E-state index >= 15 is 0 Å². The van der Waals surface area contributed by atoms with E-state index in [-0.39, 0.29) is 0 Å². The summed E-state index contributed by atoms with van der Waals surface area (Å²) in [5, 5.41) is 69.7. The van der Waals surface area contributed by atoms with Gasteiger partial charge in [-0.3, -0.25) is 0 Å². The number of hydrogen-bond donors (Lipinski definition) is 8. The molecule has 170 valence electrons. The van der Waals surface area contributed by atoms with E-state index in [4.69, 9.17) is 24.7 Å². The Bertz CT molecular complexity index is 673. The number of anilines is 1. The van der Waals surface area contributed by atoms with Gasteiger partial charge in [-0.05, 0) is 24.3 Å². The van der Waals surface area contributed by atoms with E-state index < -0.39 is 74.6 Å². The predicted molar refractivity (Wildman–Crippen MR) is 97.9 cm³/mol. The quantitative estimate of drug-likeness (QED) is 0.204. The summed E-state index contributed by atoms with van der Waals surface area (Å²) >= 11 is 0. The molecule has 2 aliphatic heterocycles.